The Balaban J connectivity index is 1.96. The van der Waals surface area contributed by atoms with Crippen molar-refractivity contribution >= 4 is 40.6 Å². The van der Waals surface area contributed by atoms with Gasteiger partial charge in [0.25, 0.3) is 5.69 Å². The van der Waals surface area contributed by atoms with Crippen molar-refractivity contribution in [2.24, 2.45) is 0 Å². The van der Waals surface area contributed by atoms with E-state index in [1.165, 1.54) is 30.0 Å². The summed E-state index contributed by atoms with van der Waals surface area (Å²) in [5, 5.41) is 13.8. The SMILES string of the molecule is Cc1ccnc(SCC(=O)Nc2ccc([N+](=O)[O-])cc2Cl)n1. The van der Waals surface area contributed by atoms with Gasteiger partial charge in [-0.05, 0) is 19.1 Å². The standard InChI is InChI=1S/C13H11ClN4O3S/c1-8-4-5-15-13(16-8)22-7-12(19)17-11-3-2-9(18(20)21)6-10(11)14/h2-6H,7H2,1H3,(H,17,19). The van der Waals surface area contributed by atoms with Crippen LogP contribution in [0.4, 0.5) is 11.4 Å². The number of hydrogen-bond acceptors (Lipinski definition) is 6. The van der Waals surface area contributed by atoms with Gasteiger partial charge in [-0.2, -0.15) is 0 Å². The highest BCUT2D eigenvalue weighted by molar-refractivity contribution is 7.99. The number of hydrogen-bond donors (Lipinski definition) is 1. The van der Waals surface area contributed by atoms with Gasteiger partial charge < -0.3 is 5.32 Å². The summed E-state index contributed by atoms with van der Waals surface area (Å²) in [4.78, 5) is 30.1. The topological polar surface area (TPSA) is 98.0 Å². The molecule has 9 heteroatoms. The van der Waals surface area contributed by atoms with Gasteiger partial charge in [0.05, 0.1) is 21.4 Å². The second-order valence-electron chi connectivity index (χ2n) is 4.24. The Hall–Kier alpha value is -2.19. The maximum atomic E-state index is 11.9. The number of halogens is 1. The number of anilines is 1. The van der Waals surface area contributed by atoms with Crippen LogP contribution in [0.15, 0.2) is 35.6 Å². The molecule has 114 valence electrons. The number of rotatable bonds is 5. The molecule has 0 bridgehead atoms. The first-order valence-corrected chi connectivity index (χ1v) is 7.48. The van der Waals surface area contributed by atoms with Gasteiger partial charge in [-0.1, -0.05) is 23.4 Å². The monoisotopic (exact) mass is 338 g/mol. The molecule has 1 aromatic carbocycles. The van der Waals surface area contributed by atoms with E-state index < -0.39 is 4.92 Å². The molecule has 1 aromatic heterocycles. The molecule has 1 heterocycles. The fourth-order valence-corrected chi connectivity index (χ4v) is 2.43. The van der Waals surface area contributed by atoms with Gasteiger partial charge in [-0.3, -0.25) is 14.9 Å². The van der Waals surface area contributed by atoms with Crippen molar-refractivity contribution < 1.29 is 9.72 Å². The number of aryl methyl sites for hydroxylation is 1. The molecule has 1 N–H and O–H groups in total. The number of nitrogens with zero attached hydrogens (tertiary/aromatic N) is 3. The number of nitro groups is 1. The normalized spacial score (nSPS) is 10.3. The Morgan fingerprint density at radius 1 is 1.45 bits per heavy atom. The number of aromatic nitrogens is 2. The van der Waals surface area contributed by atoms with Gasteiger partial charge in [0, 0.05) is 24.0 Å². The first kappa shape index (κ1) is 16.2. The molecule has 0 spiro atoms. The minimum atomic E-state index is -0.553. The van der Waals surface area contributed by atoms with Gasteiger partial charge in [-0.15, -0.1) is 0 Å². The lowest BCUT2D eigenvalue weighted by atomic mass is 10.3. The van der Waals surface area contributed by atoms with Crippen LogP contribution in [-0.2, 0) is 4.79 Å². The van der Waals surface area contributed by atoms with Crippen molar-refractivity contribution in [1.82, 2.24) is 9.97 Å². The molecule has 0 aliphatic heterocycles. The van der Waals surface area contributed by atoms with Crippen molar-refractivity contribution in [2.45, 2.75) is 12.1 Å². The maximum Gasteiger partial charge on any atom is 0.271 e. The Labute approximate surface area is 135 Å². The van der Waals surface area contributed by atoms with Crippen LogP contribution >= 0.6 is 23.4 Å². The van der Waals surface area contributed by atoms with Crippen LogP contribution in [0.1, 0.15) is 5.69 Å². The van der Waals surface area contributed by atoms with Crippen molar-refractivity contribution in [1.29, 1.82) is 0 Å². The molecule has 0 aliphatic carbocycles. The van der Waals surface area contributed by atoms with E-state index in [1.54, 1.807) is 12.3 Å². The minimum absolute atomic E-state index is 0.108. The average Bonchev–Trinajstić information content (AvgIpc) is 2.47. The Bertz CT molecular complexity index is 726. The van der Waals surface area contributed by atoms with E-state index in [2.05, 4.69) is 15.3 Å². The molecule has 0 unspecified atom stereocenters. The van der Waals surface area contributed by atoms with Crippen LogP contribution in [0.3, 0.4) is 0 Å². The molecule has 0 saturated carbocycles. The van der Waals surface area contributed by atoms with E-state index in [0.717, 1.165) is 5.69 Å². The molecular weight excluding hydrogens is 328 g/mol. The average molecular weight is 339 g/mol. The predicted octanol–water partition coefficient (Wildman–Crippen LogP) is 3.08. The zero-order valence-corrected chi connectivity index (χ0v) is 13.0. The number of amides is 1. The fourth-order valence-electron chi connectivity index (χ4n) is 1.53. The Kier molecular flexibility index (Phi) is 5.29. The molecular formula is C13H11ClN4O3S. The number of thioether (sulfide) groups is 1. The second-order valence-corrected chi connectivity index (χ2v) is 5.59. The van der Waals surface area contributed by atoms with E-state index >= 15 is 0 Å². The lowest BCUT2D eigenvalue weighted by molar-refractivity contribution is -0.384. The number of benzene rings is 1. The second kappa shape index (κ2) is 7.19. The highest BCUT2D eigenvalue weighted by Crippen LogP contribution is 2.26. The van der Waals surface area contributed by atoms with Gasteiger partial charge >= 0.3 is 0 Å². The highest BCUT2D eigenvalue weighted by Gasteiger charge is 2.12. The molecule has 0 radical (unpaired) electrons. The zero-order valence-electron chi connectivity index (χ0n) is 11.4. The zero-order chi connectivity index (χ0) is 16.1. The van der Waals surface area contributed by atoms with Crippen LogP contribution in [0.25, 0.3) is 0 Å². The summed E-state index contributed by atoms with van der Waals surface area (Å²) in [5.41, 5.74) is 1.00. The van der Waals surface area contributed by atoms with Gasteiger partial charge in [0.15, 0.2) is 5.16 Å². The van der Waals surface area contributed by atoms with Crippen LogP contribution < -0.4 is 5.32 Å². The summed E-state index contributed by atoms with van der Waals surface area (Å²) in [6.45, 7) is 1.84. The van der Waals surface area contributed by atoms with Crippen molar-refractivity contribution in [3.05, 3.63) is 51.3 Å². The lowest BCUT2D eigenvalue weighted by Gasteiger charge is -2.06. The quantitative estimate of drug-likeness (QED) is 0.389. The van der Waals surface area contributed by atoms with Crippen LogP contribution in [0.2, 0.25) is 5.02 Å². The van der Waals surface area contributed by atoms with Gasteiger partial charge in [0.1, 0.15) is 0 Å². The lowest BCUT2D eigenvalue weighted by Crippen LogP contribution is -2.14. The van der Waals surface area contributed by atoms with Crippen LogP contribution in [-0.4, -0.2) is 26.6 Å². The number of carbonyl (C=O) groups is 1. The van der Waals surface area contributed by atoms with Crippen molar-refractivity contribution in [3.8, 4) is 0 Å². The van der Waals surface area contributed by atoms with E-state index in [4.69, 9.17) is 11.6 Å². The van der Waals surface area contributed by atoms with E-state index in [0.29, 0.717) is 10.8 Å². The molecule has 7 nitrogen and oxygen atoms in total. The molecule has 0 atom stereocenters. The number of carbonyl (C=O) groups excluding carboxylic acids is 1. The molecule has 0 saturated heterocycles. The third-order valence-corrected chi connectivity index (χ3v) is 3.72. The Morgan fingerprint density at radius 3 is 2.86 bits per heavy atom. The summed E-state index contributed by atoms with van der Waals surface area (Å²) < 4.78 is 0. The molecule has 22 heavy (non-hydrogen) atoms. The first-order chi connectivity index (χ1) is 10.5. The maximum absolute atomic E-state index is 11.9. The molecule has 0 aliphatic rings. The third-order valence-electron chi connectivity index (χ3n) is 2.54. The summed E-state index contributed by atoms with van der Waals surface area (Å²) in [5.74, 6) is -0.192. The number of nitrogens with one attached hydrogen (secondary N) is 1. The predicted molar refractivity (Wildman–Crippen MR) is 84.2 cm³/mol. The van der Waals surface area contributed by atoms with E-state index in [9.17, 15) is 14.9 Å². The van der Waals surface area contributed by atoms with E-state index in [-0.39, 0.29) is 22.4 Å². The van der Waals surface area contributed by atoms with Gasteiger partial charge in [0.2, 0.25) is 5.91 Å². The molecule has 1 amide bonds. The number of non-ortho nitro benzene ring substituents is 1. The first-order valence-electron chi connectivity index (χ1n) is 6.12. The van der Waals surface area contributed by atoms with Crippen molar-refractivity contribution in [2.75, 3.05) is 11.1 Å². The summed E-state index contributed by atoms with van der Waals surface area (Å²) in [7, 11) is 0. The fraction of sp³-hybridized carbons (Fsp3) is 0.154. The summed E-state index contributed by atoms with van der Waals surface area (Å²) in [6.07, 6.45) is 1.62. The van der Waals surface area contributed by atoms with Crippen LogP contribution in [0, 0.1) is 17.0 Å². The molecule has 2 rings (SSSR count). The summed E-state index contributed by atoms with van der Waals surface area (Å²) >= 11 is 7.10. The molecule has 0 fully saturated rings. The largest absolute Gasteiger partial charge is 0.324 e. The highest BCUT2D eigenvalue weighted by atomic mass is 35.5. The number of nitro benzene ring substituents is 1. The van der Waals surface area contributed by atoms with E-state index in [1.807, 2.05) is 6.92 Å². The van der Waals surface area contributed by atoms with Crippen LogP contribution in [0.5, 0.6) is 0 Å². The minimum Gasteiger partial charge on any atom is -0.324 e. The van der Waals surface area contributed by atoms with Crippen molar-refractivity contribution in [3.63, 3.8) is 0 Å². The molecule has 2 aromatic rings. The third kappa shape index (κ3) is 4.40. The smallest absolute Gasteiger partial charge is 0.271 e. The Morgan fingerprint density at radius 2 is 2.23 bits per heavy atom. The van der Waals surface area contributed by atoms with Gasteiger partial charge in [-0.25, -0.2) is 9.97 Å². The summed E-state index contributed by atoms with van der Waals surface area (Å²) in [6, 6.07) is 5.62.